The molecule has 1 aliphatic rings. The number of aromatic nitrogens is 5. The molecule has 2 aromatic heterocycles. The Morgan fingerprint density at radius 3 is 2.96 bits per heavy atom. The van der Waals surface area contributed by atoms with Gasteiger partial charge in [-0.05, 0) is 6.42 Å². The van der Waals surface area contributed by atoms with Crippen LogP contribution in [0.4, 0.5) is 0 Å². The Hall–Kier alpha value is -2.29. The number of morpholine rings is 1. The molecule has 0 unspecified atom stereocenters. The zero-order valence-electron chi connectivity index (χ0n) is 14.7. The molecule has 0 bridgehead atoms. The molecule has 2 aromatic rings. The highest BCUT2D eigenvalue weighted by molar-refractivity contribution is 5.76. The fourth-order valence-electron chi connectivity index (χ4n) is 2.73. The van der Waals surface area contributed by atoms with Gasteiger partial charge in [0.2, 0.25) is 11.8 Å². The number of hydrogen-bond donors (Lipinski definition) is 1. The quantitative estimate of drug-likeness (QED) is 0.801. The van der Waals surface area contributed by atoms with Gasteiger partial charge < -0.3 is 14.2 Å². The minimum atomic E-state index is -0.284. The number of amides is 1. The molecule has 136 valence electrons. The van der Waals surface area contributed by atoms with E-state index in [1.54, 1.807) is 4.90 Å². The second kappa shape index (κ2) is 8.19. The summed E-state index contributed by atoms with van der Waals surface area (Å²) in [7, 11) is 0. The van der Waals surface area contributed by atoms with E-state index in [9.17, 15) is 4.79 Å². The molecule has 9 nitrogen and oxygen atoms in total. The molecule has 0 radical (unpaired) electrons. The Morgan fingerprint density at radius 2 is 2.20 bits per heavy atom. The van der Waals surface area contributed by atoms with Crippen LogP contribution in [0.5, 0.6) is 0 Å². The molecule has 1 N–H and O–H groups in total. The summed E-state index contributed by atoms with van der Waals surface area (Å²) in [5, 5.41) is 11.0. The van der Waals surface area contributed by atoms with Crippen molar-refractivity contribution in [2.24, 2.45) is 0 Å². The number of hydrogen-bond acceptors (Lipinski definition) is 7. The third kappa shape index (κ3) is 4.41. The number of rotatable bonds is 7. The van der Waals surface area contributed by atoms with E-state index in [1.807, 2.05) is 6.92 Å². The summed E-state index contributed by atoms with van der Waals surface area (Å²) in [4.78, 5) is 23.0. The first-order valence-electron chi connectivity index (χ1n) is 8.81. The molecule has 9 heteroatoms. The fourth-order valence-corrected chi connectivity index (χ4v) is 2.73. The smallest absolute Gasteiger partial charge is 0.227 e. The van der Waals surface area contributed by atoms with Gasteiger partial charge in [0.25, 0.3) is 0 Å². The van der Waals surface area contributed by atoms with Gasteiger partial charge in [0.15, 0.2) is 11.6 Å². The Balaban J connectivity index is 1.52. The lowest BCUT2D eigenvalue weighted by Gasteiger charge is -2.31. The highest BCUT2D eigenvalue weighted by Crippen LogP contribution is 2.20. The predicted molar refractivity (Wildman–Crippen MR) is 87.6 cm³/mol. The number of carbonyl (C=O) groups excluding carboxylic acids is 1. The van der Waals surface area contributed by atoms with E-state index in [0.717, 1.165) is 25.1 Å². The van der Waals surface area contributed by atoms with Crippen LogP contribution in [0.3, 0.4) is 0 Å². The lowest BCUT2D eigenvalue weighted by atomic mass is 10.2. The van der Waals surface area contributed by atoms with E-state index in [4.69, 9.17) is 9.26 Å². The van der Waals surface area contributed by atoms with E-state index in [1.165, 1.54) is 0 Å². The average Bonchev–Trinajstić information content (AvgIpc) is 3.29. The first-order chi connectivity index (χ1) is 12.2. The van der Waals surface area contributed by atoms with Crippen LogP contribution < -0.4 is 0 Å². The van der Waals surface area contributed by atoms with Gasteiger partial charge in [-0.25, -0.2) is 4.98 Å². The topological polar surface area (TPSA) is 110 Å². The van der Waals surface area contributed by atoms with Crippen LogP contribution in [-0.4, -0.2) is 55.8 Å². The Bertz CT molecular complexity index is 698. The van der Waals surface area contributed by atoms with Gasteiger partial charge in [0.1, 0.15) is 11.9 Å². The molecular weight excluding hydrogens is 324 g/mol. The third-order valence-electron chi connectivity index (χ3n) is 4.13. The van der Waals surface area contributed by atoms with Crippen LogP contribution >= 0.6 is 0 Å². The van der Waals surface area contributed by atoms with E-state index in [0.29, 0.717) is 50.1 Å². The minimum absolute atomic E-state index is 0.0507. The molecule has 3 rings (SSSR count). The summed E-state index contributed by atoms with van der Waals surface area (Å²) < 4.78 is 10.9. The normalized spacial score (nSPS) is 17.8. The molecule has 0 saturated carbocycles. The molecule has 0 aromatic carbocycles. The van der Waals surface area contributed by atoms with Crippen molar-refractivity contribution in [3.8, 4) is 0 Å². The first kappa shape index (κ1) is 17.5. The number of carbonyl (C=O) groups is 1. The summed E-state index contributed by atoms with van der Waals surface area (Å²) in [6, 6.07) is 0. The van der Waals surface area contributed by atoms with Crippen molar-refractivity contribution in [1.82, 2.24) is 30.2 Å². The van der Waals surface area contributed by atoms with Crippen LogP contribution in [0.2, 0.25) is 0 Å². The highest BCUT2D eigenvalue weighted by atomic mass is 16.5. The van der Waals surface area contributed by atoms with E-state index in [2.05, 4.69) is 32.2 Å². The van der Waals surface area contributed by atoms with Crippen molar-refractivity contribution in [3.63, 3.8) is 0 Å². The molecule has 1 amide bonds. The molecule has 0 aliphatic carbocycles. The van der Waals surface area contributed by atoms with Crippen LogP contribution in [-0.2, 0) is 28.8 Å². The Kier molecular flexibility index (Phi) is 5.75. The maximum absolute atomic E-state index is 12.5. The van der Waals surface area contributed by atoms with Gasteiger partial charge in [-0.2, -0.15) is 10.1 Å². The van der Waals surface area contributed by atoms with Crippen LogP contribution in [0.1, 0.15) is 56.2 Å². The second-order valence-electron chi connectivity index (χ2n) is 6.05. The van der Waals surface area contributed by atoms with Crippen LogP contribution in [0.25, 0.3) is 0 Å². The van der Waals surface area contributed by atoms with Crippen molar-refractivity contribution < 1.29 is 14.1 Å². The van der Waals surface area contributed by atoms with Gasteiger partial charge in [-0.3, -0.25) is 9.89 Å². The van der Waals surface area contributed by atoms with Crippen molar-refractivity contribution >= 4 is 5.91 Å². The largest absolute Gasteiger partial charge is 0.366 e. The SMILES string of the molecule is CCCc1noc(CCC(=O)N2CCO[C@@H](c3n[nH]c(CC)n3)C2)n1. The number of nitrogens with zero attached hydrogens (tertiary/aromatic N) is 5. The Labute approximate surface area is 146 Å². The lowest BCUT2D eigenvalue weighted by molar-refractivity contribution is -0.139. The van der Waals surface area contributed by atoms with Gasteiger partial charge >= 0.3 is 0 Å². The van der Waals surface area contributed by atoms with Gasteiger partial charge in [0.05, 0.1) is 13.2 Å². The highest BCUT2D eigenvalue weighted by Gasteiger charge is 2.28. The van der Waals surface area contributed by atoms with Gasteiger partial charge in [-0.15, -0.1) is 0 Å². The van der Waals surface area contributed by atoms with E-state index in [-0.39, 0.29) is 12.0 Å². The molecule has 1 atom stereocenters. The minimum Gasteiger partial charge on any atom is -0.366 e. The standard InChI is InChI=1S/C16H24N6O3/c1-3-5-13-17-14(25-21-13)6-7-15(23)22-8-9-24-11(10-22)16-18-12(4-2)19-20-16/h11H,3-10H2,1-2H3,(H,18,19,20)/t11-/m1/s1. The van der Waals surface area contributed by atoms with Crippen molar-refractivity contribution in [2.45, 2.75) is 52.1 Å². The number of aryl methyl sites for hydroxylation is 3. The summed E-state index contributed by atoms with van der Waals surface area (Å²) >= 11 is 0. The summed E-state index contributed by atoms with van der Waals surface area (Å²) in [5.74, 6) is 2.70. The molecule has 1 fully saturated rings. The molecule has 1 saturated heterocycles. The van der Waals surface area contributed by atoms with E-state index < -0.39 is 0 Å². The zero-order chi connectivity index (χ0) is 17.6. The molecule has 0 spiro atoms. The Morgan fingerprint density at radius 1 is 1.32 bits per heavy atom. The van der Waals surface area contributed by atoms with Gasteiger partial charge in [0, 0.05) is 32.2 Å². The van der Waals surface area contributed by atoms with E-state index >= 15 is 0 Å². The zero-order valence-corrected chi connectivity index (χ0v) is 14.7. The maximum Gasteiger partial charge on any atom is 0.227 e. The maximum atomic E-state index is 12.5. The monoisotopic (exact) mass is 348 g/mol. The summed E-state index contributed by atoms with van der Waals surface area (Å²) in [5.41, 5.74) is 0. The number of ether oxygens (including phenoxy) is 1. The second-order valence-corrected chi connectivity index (χ2v) is 6.05. The molecule has 1 aliphatic heterocycles. The van der Waals surface area contributed by atoms with Gasteiger partial charge in [-0.1, -0.05) is 19.0 Å². The predicted octanol–water partition coefficient (Wildman–Crippen LogP) is 1.24. The lowest BCUT2D eigenvalue weighted by Crippen LogP contribution is -2.42. The average molecular weight is 348 g/mol. The molecule has 25 heavy (non-hydrogen) atoms. The van der Waals surface area contributed by atoms with Crippen LogP contribution in [0, 0.1) is 0 Å². The third-order valence-corrected chi connectivity index (χ3v) is 4.13. The van der Waals surface area contributed by atoms with Crippen molar-refractivity contribution in [2.75, 3.05) is 19.7 Å². The first-order valence-corrected chi connectivity index (χ1v) is 8.81. The summed E-state index contributed by atoms with van der Waals surface area (Å²) in [6.07, 6.45) is 3.06. The number of aromatic amines is 1. The van der Waals surface area contributed by atoms with Crippen molar-refractivity contribution in [1.29, 1.82) is 0 Å². The number of H-pyrrole nitrogens is 1. The van der Waals surface area contributed by atoms with Crippen LogP contribution in [0.15, 0.2) is 4.52 Å². The fraction of sp³-hybridized carbons (Fsp3) is 0.688. The molecule has 3 heterocycles. The number of nitrogens with one attached hydrogen (secondary N) is 1. The molecular formula is C16H24N6O3. The summed E-state index contributed by atoms with van der Waals surface area (Å²) in [6.45, 7) is 5.58. The van der Waals surface area contributed by atoms with Crippen molar-refractivity contribution in [3.05, 3.63) is 23.4 Å².